The van der Waals surface area contributed by atoms with Gasteiger partial charge < -0.3 is 9.64 Å². The smallest absolute Gasteiger partial charge is 0.331 e. The number of halogens is 2. The third-order valence-corrected chi connectivity index (χ3v) is 7.03. The number of nitrogens with zero attached hydrogens (tertiary/aromatic N) is 1. The van der Waals surface area contributed by atoms with Crippen LogP contribution in [0.3, 0.4) is 0 Å². The second-order valence-electron chi connectivity index (χ2n) is 7.34. The first-order valence-corrected chi connectivity index (χ1v) is 12.1. The van der Waals surface area contributed by atoms with Crippen molar-refractivity contribution >= 4 is 39.3 Å². The van der Waals surface area contributed by atoms with E-state index in [0.717, 1.165) is 11.1 Å². The Hall–Kier alpha value is -2.58. The minimum absolute atomic E-state index is 0.0307. The van der Waals surface area contributed by atoms with Crippen molar-refractivity contribution in [1.29, 1.82) is 0 Å². The summed E-state index contributed by atoms with van der Waals surface area (Å²) in [7, 11) is -3.93. The van der Waals surface area contributed by atoms with Crippen LogP contribution in [0.25, 0.3) is 0 Å². The predicted molar refractivity (Wildman–Crippen MR) is 123 cm³/mol. The number of hydrogen-bond donors (Lipinski definition) is 1. The fraction of sp³-hybridized carbons (Fsp3) is 0.174. The molecule has 4 rings (SSSR count). The van der Waals surface area contributed by atoms with Crippen LogP contribution in [0, 0.1) is 0 Å². The summed E-state index contributed by atoms with van der Waals surface area (Å²) in [5, 5.41) is 1.17. The molecule has 1 atom stereocenters. The minimum atomic E-state index is -3.93. The van der Waals surface area contributed by atoms with E-state index in [9.17, 15) is 13.2 Å². The van der Waals surface area contributed by atoms with Crippen molar-refractivity contribution in [1.82, 2.24) is 9.62 Å². The molecule has 0 radical (unpaired) electrons. The third kappa shape index (κ3) is 5.07. The van der Waals surface area contributed by atoms with Crippen LogP contribution in [0.1, 0.15) is 17.2 Å². The molecule has 3 aromatic rings. The lowest BCUT2D eigenvalue weighted by molar-refractivity contribution is -0.0638. The summed E-state index contributed by atoms with van der Waals surface area (Å²) in [6, 6.07) is 21.7. The standard InChI is InChI=1S/C23H20Cl2N2O4S/c24-17-12-10-16(11-13-17)22(20-8-4-5-9-21(20)25)31-18-14-27(15-18)23(28)26-32(29,30)19-6-2-1-3-7-19/h1-13,18,22H,14-15H2,(H,26,28). The van der Waals surface area contributed by atoms with Gasteiger partial charge in [-0.25, -0.2) is 17.9 Å². The first-order valence-electron chi connectivity index (χ1n) is 9.85. The highest BCUT2D eigenvalue weighted by atomic mass is 35.5. The number of sulfonamides is 1. The fourth-order valence-electron chi connectivity index (χ4n) is 3.38. The van der Waals surface area contributed by atoms with E-state index in [1.165, 1.54) is 17.0 Å². The number of ether oxygens (including phenoxy) is 1. The Morgan fingerprint density at radius 3 is 2.22 bits per heavy atom. The van der Waals surface area contributed by atoms with Gasteiger partial charge in [-0.3, -0.25) is 0 Å². The molecule has 32 heavy (non-hydrogen) atoms. The third-order valence-electron chi connectivity index (χ3n) is 5.10. The van der Waals surface area contributed by atoms with E-state index in [1.54, 1.807) is 36.4 Å². The molecule has 9 heteroatoms. The van der Waals surface area contributed by atoms with E-state index in [0.29, 0.717) is 10.0 Å². The van der Waals surface area contributed by atoms with Crippen LogP contribution in [0.5, 0.6) is 0 Å². The molecule has 2 amide bonds. The zero-order chi connectivity index (χ0) is 22.7. The summed E-state index contributed by atoms with van der Waals surface area (Å²) >= 11 is 12.4. The minimum Gasteiger partial charge on any atom is -0.362 e. The van der Waals surface area contributed by atoms with Gasteiger partial charge in [0.15, 0.2) is 0 Å². The Morgan fingerprint density at radius 2 is 1.56 bits per heavy atom. The summed E-state index contributed by atoms with van der Waals surface area (Å²) in [4.78, 5) is 13.8. The van der Waals surface area contributed by atoms with E-state index in [-0.39, 0.29) is 24.1 Å². The van der Waals surface area contributed by atoms with Crippen LogP contribution in [0.4, 0.5) is 4.79 Å². The molecule has 1 heterocycles. The summed E-state index contributed by atoms with van der Waals surface area (Å²) < 4.78 is 33.1. The van der Waals surface area contributed by atoms with Crippen molar-refractivity contribution < 1.29 is 17.9 Å². The Bertz CT molecular complexity index is 1200. The molecule has 1 aliphatic heterocycles. The molecule has 0 spiro atoms. The summed E-state index contributed by atoms with van der Waals surface area (Å²) in [6.07, 6.45) is -0.735. The highest BCUT2D eigenvalue weighted by Crippen LogP contribution is 2.34. The Balaban J connectivity index is 1.43. The van der Waals surface area contributed by atoms with Gasteiger partial charge in [-0.2, -0.15) is 0 Å². The Morgan fingerprint density at radius 1 is 0.938 bits per heavy atom. The lowest BCUT2D eigenvalue weighted by Gasteiger charge is -2.40. The lowest BCUT2D eigenvalue weighted by Crippen LogP contribution is -2.58. The van der Waals surface area contributed by atoms with Crippen molar-refractivity contribution in [3.63, 3.8) is 0 Å². The number of benzene rings is 3. The van der Waals surface area contributed by atoms with Gasteiger partial charge in [0.2, 0.25) is 0 Å². The number of nitrogens with one attached hydrogen (secondary N) is 1. The molecule has 1 N–H and O–H groups in total. The van der Waals surface area contributed by atoms with Crippen LogP contribution in [-0.4, -0.2) is 38.5 Å². The lowest BCUT2D eigenvalue weighted by atomic mass is 10.0. The fourth-order valence-corrected chi connectivity index (χ4v) is 4.73. The van der Waals surface area contributed by atoms with E-state index in [1.807, 2.05) is 30.3 Å². The number of urea groups is 1. The van der Waals surface area contributed by atoms with Gasteiger partial charge in [0.1, 0.15) is 6.10 Å². The number of likely N-dealkylation sites (tertiary alicyclic amines) is 1. The molecule has 6 nitrogen and oxygen atoms in total. The molecule has 0 aliphatic carbocycles. The van der Waals surface area contributed by atoms with E-state index in [4.69, 9.17) is 27.9 Å². The van der Waals surface area contributed by atoms with Crippen LogP contribution in [0.15, 0.2) is 83.8 Å². The molecular weight excluding hydrogens is 471 g/mol. The molecule has 0 aromatic heterocycles. The quantitative estimate of drug-likeness (QED) is 0.533. The van der Waals surface area contributed by atoms with Crippen molar-refractivity contribution in [3.05, 3.63) is 100 Å². The summed E-state index contributed by atoms with van der Waals surface area (Å²) in [5.74, 6) is 0. The number of amides is 2. The zero-order valence-corrected chi connectivity index (χ0v) is 19.1. The van der Waals surface area contributed by atoms with E-state index >= 15 is 0 Å². The largest absolute Gasteiger partial charge is 0.362 e. The topological polar surface area (TPSA) is 75.7 Å². The second kappa shape index (κ2) is 9.50. The van der Waals surface area contributed by atoms with Gasteiger partial charge in [-0.05, 0) is 35.9 Å². The molecule has 1 unspecified atom stereocenters. The maximum atomic E-state index is 12.4. The van der Waals surface area contributed by atoms with Gasteiger partial charge in [0.25, 0.3) is 10.0 Å². The average molecular weight is 491 g/mol. The average Bonchev–Trinajstić information content (AvgIpc) is 2.75. The van der Waals surface area contributed by atoms with Gasteiger partial charge in [-0.1, -0.05) is 71.7 Å². The van der Waals surface area contributed by atoms with Crippen LogP contribution in [-0.2, 0) is 14.8 Å². The SMILES string of the molecule is O=C(NS(=O)(=O)c1ccccc1)N1CC(OC(c2ccc(Cl)cc2)c2ccccc2Cl)C1. The predicted octanol–water partition coefficient (Wildman–Crippen LogP) is 4.88. The molecule has 0 bridgehead atoms. The maximum absolute atomic E-state index is 12.4. The zero-order valence-electron chi connectivity index (χ0n) is 16.8. The Kier molecular flexibility index (Phi) is 6.71. The van der Waals surface area contributed by atoms with E-state index < -0.39 is 22.2 Å². The number of carbonyl (C=O) groups is 1. The normalized spacial score (nSPS) is 15.1. The number of hydrogen-bond acceptors (Lipinski definition) is 4. The maximum Gasteiger partial charge on any atom is 0.331 e. The molecule has 1 saturated heterocycles. The second-order valence-corrected chi connectivity index (χ2v) is 9.87. The van der Waals surface area contributed by atoms with Crippen molar-refractivity contribution in [2.45, 2.75) is 17.1 Å². The molecule has 1 fully saturated rings. The van der Waals surface area contributed by atoms with Gasteiger partial charge >= 0.3 is 6.03 Å². The van der Waals surface area contributed by atoms with Crippen molar-refractivity contribution in [3.8, 4) is 0 Å². The number of rotatable bonds is 6. The molecule has 3 aromatic carbocycles. The first kappa shape index (κ1) is 22.6. The van der Waals surface area contributed by atoms with E-state index in [2.05, 4.69) is 4.72 Å². The first-order chi connectivity index (χ1) is 15.3. The molecule has 1 aliphatic rings. The molecule has 0 saturated carbocycles. The summed E-state index contributed by atoms with van der Waals surface area (Å²) in [5.41, 5.74) is 1.67. The number of carbonyl (C=O) groups excluding carboxylic acids is 1. The van der Waals surface area contributed by atoms with Gasteiger partial charge in [0, 0.05) is 15.6 Å². The van der Waals surface area contributed by atoms with Crippen molar-refractivity contribution in [2.24, 2.45) is 0 Å². The monoisotopic (exact) mass is 490 g/mol. The van der Waals surface area contributed by atoms with Crippen LogP contribution in [0.2, 0.25) is 10.0 Å². The van der Waals surface area contributed by atoms with Crippen LogP contribution >= 0.6 is 23.2 Å². The van der Waals surface area contributed by atoms with Crippen LogP contribution < -0.4 is 4.72 Å². The van der Waals surface area contributed by atoms with Crippen molar-refractivity contribution in [2.75, 3.05) is 13.1 Å². The highest BCUT2D eigenvalue weighted by Gasteiger charge is 2.36. The molecule has 166 valence electrons. The molecular formula is C23H20Cl2N2O4S. The summed E-state index contributed by atoms with van der Waals surface area (Å²) in [6.45, 7) is 0.509. The van der Waals surface area contributed by atoms with Gasteiger partial charge in [-0.15, -0.1) is 0 Å². The highest BCUT2D eigenvalue weighted by molar-refractivity contribution is 7.90. The van der Waals surface area contributed by atoms with Gasteiger partial charge in [0.05, 0.1) is 24.1 Å². The Labute approximate surface area is 196 Å².